The van der Waals surface area contributed by atoms with Crippen molar-refractivity contribution in [2.45, 2.75) is 48.7 Å². The van der Waals surface area contributed by atoms with Crippen LogP contribution in [0.3, 0.4) is 0 Å². The van der Waals surface area contributed by atoms with Crippen LogP contribution in [0.15, 0.2) is 18.2 Å². The number of benzene rings is 1. The molecule has 2 aliphatic rings. The topological polar surface area (TPSA) is 205 Å². The molecule has 2 heterocycles. The Kier molecular flexibility index (Phi) is 7.54. The molecule has 2 aliphatic heterocycles. The molecule has 0 saturated carbocycles. The van der Waals surface area contributed by atoms with Gasteiger partial charge in [-0.3, -0.25) is 0 Å². The Morgan fingerprint density at radius 1 is 1.16 bits per heavy atom. The Labute approximate surface area is 181 Å². The number of carbonyl (C=O) groups excluding carboxylic acids is 1. The maximum absolute atomic E-state index is 12.4. The van der Waals surface area contributed by atoms with E-state index in [2.05, 4.69) is 0 Å². The van der Waals surface area contributed by atoms with Gasteiger partial charge >= 0.3 is 5.97 Å². The van der Waals surface area contributed by atoms with Crippen molar-refractivity contribution in [2.75, 3.05) is 26.9 Å². The molecule has 0 aromatic heterocycles. The Balaban J connectivity index is 1.64. The van der Waals surface area contributed by atoms with Crippen molar-refractivity contribution < 1.29 is 64.2 Å². The number of hydrogen-bond donors (Lipinski definition) is 7. The van der Waals surface area contributed by atoms with Gasteiger partial charge < -0.3 is 59.4 Å². The summed E-state index contributed by atoms with van der Waals surface area (Å²) in [7, 11) is 1.28. The Morgan fingerprint density at radius 2 is 1.88 bits per heavy atom. The molecular formula is C19H26O13. The van der Waals surface area contributed by atoms with E-state index >= 15 is 0 Å². The van der Waals surface area contributed by atoms with Gasteiger partial charge in [0.2, 0.25) is 6.29 Å². The number of rotatable bonds is 7. The van der Waals surface area contributed by atoms with Crippen LogP contribution in [0.25, 0.3) is 0 Å². The van der Waals surface area contributed by atoms with Gasteiger partial charge in [-0.2, -0.15) is 0 Å². The maximum atomic E-state index is 12.4. The standard InChI is InChI=1S/C19H26O13/c1-28-10-4-8(2-3-9(10)21)16(26)32-17-14(24)13(23)12(22)11(31-17)5-29-18-15(25)19(27,6-20)7-30-18/h2-4,11-15,17-18,20-25,27H,5-7H2,1H3. The van der Waals surface area contributed by atoms with Crippen LogP contribution in [0.2, 0.25) is 0 Å². The molecule has 0 bridgehead atoms. The lowest BCUT2D eigenvalue weighted by molar-refractivity contribution is -0.295. The summed E-state index contributed by atoms with van der Waals surface area (Å²) < 4.78 is 25.7. The second-order valence-electron chi connectivity index (χ2n) is 7.53. The van der Waals surface area contributed by atoms with Crippen molar-refractivity contribution >= 4 is 5.97 Å². The van der Waals surface area contributed by atoms with E-state index in [0.717, 1.165) is 0 Å². The Bertz CT molecular complexity index is 803. The Hall–Kier alpha value is -2.07. The van der Waals surface area contributed by atoms with E-state index in [1.54, 1.807) is 0 Å². The zero-order chi connectivity index (χ0) is 23.6. The van der Waals surface area contributed by atoms with E-state index in [4.69, 9.17) is 28.8 Å². The molecule has 0 amide bonds. The van der Waals surface area contributed by atoms with Crippen LogP contribution >= 0.6 is 0 Å². The smallest absolute Gasteiger partial charge is 0.340 e. The van der Waals surface area contributed by atoms with Crippen LogP contribution in [-0.4, -0.2) is 117 Å². The first-order valence-electron chi connectivity index (χ1n) is 9.63. The highest BCUT2D eigenvalue weighted by atomic mass is 16.7. The lowest BCUT2D eigenvalue weighted by Gasteiger charge is -2.40. The largest absolute Gasteiger partial charge is 0.504 e. The van der Waals surface area contributed by atoms with Gasteiger partial charge in [0.05, 0.1) is 32.5 Å². The fourth-order valence-corrected chi connectivity index (χ4v) is 3.25. The van der Waals surface area contributed by atoms with Crippen molar-refractivity contribution in [2.24, 2.45) is 0 Å². The average Bonchev–Trinajstić information content (AvgIpc) is 3.07. The molecule has 8 unspecified atom stereocenters. The SMILES string of the molecule is COc1cc(C(=O)OC2OC(COC3OCC(O)(CO)C3O)C(O)C(O)C2O)ccc1O. The zero-order valence-corrected chi connectivity index (χ0v) is 17.0. The number of aliphatic hydroxyl groups is 6. The van der Waals surface area contributed by atoms with Gasteiger partial charge in [-0.05, 0) is 18.2 Å². The maximum Gasteiger partial charge on any atom is 0.340 e. The second kappa shape index (κ2) is 9.82. The van der Waals surface area contributed by atoms with Gasteiger partial charge in [0, 0.05) is 0 Å². The van der Waals surface area contributed by atoms with E-state index in [-0.39, 0.29) is 17.1 Å². The van der Waals surface area contributed by atoms with Crippen LogP contribution in [0.1, 0.15) is 10.4 Å². The van der Waals surface area contributed by atoms with Gasteiger partial charge in [0.25, 0.3) is 0 Å². The highest BCUT2D eigenvalue weighted by molar-refractivity contribution is 5.90. The van der Waals surface area contributed by atoms with Gasteiger partial charge in [-0.25, -0.2) is 4.79 Å². The van der Waals surface area contributed by atoms with Crippen LogP contribution in [-0.2, 0) is 18.9 Å². The molecular weight excluding hydrogens is 436 g/mol. The normalized spacial score (nSPS) is 37.3. The molecule has 13 heteroatoms. The quantitative estimate of drug-likeness (QED) is 0.200. The molecule has 1 aromatic carbocycles. The van der Waals surface area contributed by atoms with Crippen LogP contribution < -0.4 is 4.74 Å². The summed E-state index contributed by atoms with van der Waals surface area (Å²) in [6.07, 6.45) is -11.2. The summed E-state index contributed by atoms with van der Waals surface area (Å²) in [5, 5.41) is 69.2. The summed E-state index contributed by atoms with van der Waals surface area (Å²) in [5.74, 6) is -1.18. The van der Waals surface area contributed by atoms with Crippen molar-refractivity contribution in [3.63, 3.8) is 0 Å². The second-order valence-corrected chi connectivity index (χ2v) is 7.53. The zero-order valence-electron chi connectivity index (χ0n) is 17.0. The third kappa shape index (κ3) is 4.80. The first-order valence-corrected chi connectivity index (χ1v) is 9.63. The van der Waals surface area contributed by atoms with E-state index in [9.17, 15) is 35.4 Å². The fourth-order valence-electron chi connectivity index (χ4n) is 3.25. The molecule has 13 nitrogen and oxygen atoms in total. The van der Waals surface area contributed by atoms with E-state index in [0.29, 0.717) is 0 Å². The van der Waals surface area contributed by atoms with Crippen molar-refractivity contribution in [1.29, 1.82) is 0 Å². The van der Waals surface area contributed by atoms with Gasteiger partial charge in [0.1, 0.15) is 36.1 Å². The van der Waals surface area contributed by atoms with E-state index in [1.165, 1.54) is 25.3 Å². The number of ether oxygens (including phenoxy) is 5. The Morgan fingerprint density at radius 3 is 2.50 bits per heavy atom. The minimum Gasteiger partial charge on any atom is -0.504 e. The van der Waals surface area contributed by atoms with E-state index < -0.39 is 74.5 Å². The number of aromatic hydroxyl groups is 1. The van der Waals surface area contributed by atoms with Crippen molar-refractivity contribution in [3.8, 4) is 11.5 Å². The van der Waals surface area contributed by atoms with Crippen molar-refractivity contribution in [1.82, 2.24) is 0 Å². The molecule has 2 saturated heterocycles. The van der Waals surface area contributed by atoms with Crippen LogP contribution in [0.4, 0.5) is 0 Å². The molecule has 8 atom stereocenters. The summed E-state index contributed by atoms with van der Waals surface area (Å²) in [6, 6.07) is 3.63. The molecule has 0 spiro atoms. The molecule has 0 aliphatic carbocycles. The number of aliphatic hydroxyl groups excluding tert-OH is 5. The number of esters is 1. The molecule has 1 aromatic rings. The van der Waals surface area contributed by atoms with Gasteiger partial charge in [0.15, 0.2) is 17.8 Å². The molecule has 2 fully saturated rings. The number of phenolic OH excluding ortho intramolecular Hbond substituents is 1. The molecule has 0 radical (unpaired) electrons. The lowest BCUT2D eigenvalue weighted by atomic mass is 9.99. The summed E-state index contributed by atoms with van der Waals surface area (Å²) in [6.45, 7) is -1.67. The number of methoxy groups -OCH3 is 1. The predicted molar refractivity (Wildman–Crippen MR) is 100 cm³/mol. The molecule has 7 N–H and O–H groups in total. The molecule has 3 rings (SSSR count). The predicted octanol–water partition coefficient (Wildman–Crippen LogP) is -3.18. The van der Waals surface area contributed by atoms with Gasteiger partial charge in [-0.1, -0.05) is 0 Å². The van der Waals surface area contributed by atoms with Crippen molar-refractivity contribution in [3.05, 3.63) is 23.8 Å². The third-order valence-corrected chi connectivity index (χ3v) is 5.31. The minimum absolute atomic E-state index is 0.00394. The fraction of sp³-hybridized carbons (Fsp3) is 0.632. The third-order valence-electron chi connectivity index (χ3n) is 5.31. The first kappa shape index (κ1) is 24.6. The highest BCUT2D eigenvalue weighted by Gasteiger charge is 2.50. The lowest BCUT2D eigenvalue weighted by Crippen LogP contribution is -2.60. The average molecular weight is 462 g/mol. The minimum atomic E-state index is -1.92. The van der Waals surface area contributed by atoms with Crippen LogP contribution in [0.5, 0.6) is 11.5 Å². The summed E-state index contributed by atoms with van der Waals surface area (Å²) in [5.41, 5.74) is -1.97. The number of phenols is 1. The monoisotopic (exact) mass is 462 g/mol. The molecule has 32 heavy (non-hydrogen) atoms. The summed E-state index contributed by atoms with van der Waals surface area (Å²) >= 11 is 0. The first-order chi connectivity index (χ1) is 15.1. The van der Waals surface area contributed by atoms with Crippen LogP contribution in [0, 0.1) is 0 Å². The number of hydrogen-bond acceptors (Lipinski definition) is 13. The number of carbonyl (C=O) groups is 1. The summed E-state index contributed by atoms with van der Waals surface area (Å²) in [4.78, 5) is 12.4. The molecule has 180 valence electrons. The van der Waals surface area contributed by atoms with E-state index in [1.807, 2.05) is 0 Å². The van der Waals surface area contributed by atoms with Gasteiger partial charge in [-0.15, -0.1) is 0 Å². The highest BCUT2D eigenvalue weighted by Crippen LogP contribution is 2.29.